The minimum Gasteiger partial charge on any atom is -0.478 e. The Labute approximate surface area is 89.9 Å². The molecule has 0 bridgehead atoms. The summed E-state index contributed by atoms with van der Waals surface area (Å²) in [6, 6.07) is 6.46. The third-order valence-electron chi connectivity index (χ3n) is 2.57. The van der Waals surface area contributed by atoms with Crippen molar-refractivity contribution < 1.29 is 18.7 Å². The molecule has 1 heterocycles. The molecule has 1 aromatic carbocycles. The van der Waals surface area contributed by atoms with Crippen LogP contribution in [0.15, 0.2) is 24.3 Å². The van der Waals surface area contributed by atoms with E-state index in [1.165, 1.54) is 17.7 Å². The zero-order valence-electron chi connectivity index (χ0n) is 8.45. The molecule has 0 saturated carbocycles. The molecule has 0 atom stereocenters. The molecule has 2 aromatic rings. The van der Waals surface area contributed by atoms with E-state index in [-0.39, 0.29) is 5.56 Å². The molecular formula is C11H9F2NO2. The van der Waals surface area contributed by atoms with Gasteiger partial charge in [-0.05, 0) is 6.07 Å². The molecule has 0 unspecified atom stereocenters. The Kier molecular flexibility index (Phi) is 2.38. The van der Waals surface area contributed by atoms with Crippen molar-refractivity contribution in [2.45, 2.75) is 6.43 Å². The van der Waals surface area contributed by atoms with Crippen molar-refractivity contribution in [1.29, 1.82) is 0 Å². The molecule has 5 heteroatoms. The van der Waals surface area contributed by atoms with E-state index in [4.69, 9.17) is 5.11 Å². The third-order valence-corrected chi connectivity index (χ3v) is 2.57. The SMILES string of the molecule is Cn1c(C(F)F)c(C(=O)O)c2ccccc21. The second-order valence-corrected chi connectivity index (χ2v) is 3.44. The summed E-state index contributed by atoms with van der Waals surface area (Å²) in [5, 5.41) is 9.32. The molecule has 84 valence electrons. The van der Waals surface area contributed by atoms with Crippen molar-refractivity contribution in [3.63, 3.8) is 0 Å². The van der Waals surface area contributed by atoms with Crippen molar-refractivity contribution in [2.75, 3.05) is 0 Å². The molecule has 0 aliphatic heterocycles. The number of carbonyl (C=O) groups is 1. The highest BCUT2D eigenvalue weighted by atomic mass is 19.3. The molecule has 0 aliphatic rings. The van der Waals surface area contributed by atoms with E-state index in [0.717, 1.165) is 0 Å². The number of aryl methyl sites for hydroxylation is 1. The monoisotopic (exact) mass is 225 g/mol. The fourth-order valence-electron chi connectivity index (χ4n) is 1.89. The van der Waals surface area contributed by atoms with Gasteiger partial charge in [0, 0.05) is 18.0 Å². The van der Waals surface area contributed by atoms with E-state index in [0.29, 0.717) is 10.9 Å². The van der Waals surface area contributed by atoms with Crippen LogP contribution in [0.5, 0.6) is 0 Å². The average molecular weight is 225 g/mol. The number of aromatic nitrogens is 1. The number of rotatable bonds is 2. The van der Waals surface area contributed by atoms with E-state index in [9.17, 15) is 13.6 Å². The second kappa shape index (κ2) is 3.59. The molecule has 0 spiro atoms. The van der Waals surface area contributed by atoms with Gasteiger partial charge in [0.25, 0.3) is 6.43 Å². The van der Waals surface area contributed by atoms with E-state index in [1.54, 1.807) is 18.2 Å². The van der Waals surface area contributed by atoms with Crippen LogP contribution in [0.2, 0.25) is 0 Å². The first kappa shape index (κ1) is 10.6. The average Bonchev–Trinajstić information content (AvgIpc) is 2.53. The summed E-state index contributed by atoms with van der Waals surface area (Å²) in [4.78, 5) is 11.0. The normalized spacial score (nSPS) is 11.2. The second-order valence-electron chi connectivity index (χ2n) is 3.44. The largest absolute Gasteiger partial charge is 0.478 e. The van der Waals surface area contributed by atoms with Crippen LogP contribution in [0, 0.1) is 0 Å². The summed E-state index contributed by atoms with van der Waals surface area (Å²) in [5.74, 6) is -1.33. The molecular weight excluding hydrogens is 216 g/mol. The number of alkyl halides is 2. The summed E-state index contributed by atoms with van der Waals surface area (Å²) in [7, 11) is 1.44. The van der Waals surface area contributed by atoms with Gasteiger partial charge >= 0.3 is 5.97 Å². The minimum absolute atomic E-state index is 0.312. The van der Waals surface area contributed by atoms with Gasteiger partial charge in [-0.3, -0.25) is 0 Å². The summed E-state index contributed by atoms with van der Waals surface area (Å²) in [5.41, 5.74) is -0.267. The minimum atomic E-state index is -2.80. The summed E-state index contributed by atoms with van der Waals surface area (Å²) in [6.45, 7) is 0. The fourth-order valence-corrected chi connectivity index (χ4v) is 1.89. The summed E-state index contributed by atoms with van der Waals surface area (Å²) < 4.78 is 26.8. The van der Waals surface area contributed by atoms with Gasteiger partial charge in [0.2, 0.25) is 0 Å². The van der Waals surface area contributed by atoms with E-state index < -0.39 is 18.1 Å². The standard InChI is InChI=1S/C11H9F2NO2/c1-14-7-5-3-2-4-6(7)8(11(15)16)9(14)10(12)13/h2-5,10H,1H3,(H,15,16). The van der Waals surface area contributed by atoms with Crippen LogP contribution in [-0.2, 0) is 7.05 Å². The Morgan fingerprint density at radius 3 is 2.56 bits per heavy atom. The maximum Gasteiger partial charge on any atom is 0.338 e. The predicted molar refractivity (Wildman–Crippen MR) is 54.8 cm³/mol. The maximum absolute atomic E-state index is 12.8. The van der Waals surface area contributed by atoms with Gasteiger partial charge in [0.1, 0.15) is 0 Å². The molecule has 0 fully saturated rings. The van der Waals surface area contributed by atoms with Gasteiger partial charge in [0.05, 0.1) is 11.3 Å². The topological polar surface area (TPSA) is 42.2 Å². The molecule has 3 nitrogen and oxygen atoms in total. The van der Waals surface area contributed by atoms with Crippen molar-refractivity contribution in [3.05, 3.63) is 35.5 Å². The van der Waals surface area contributed by atoms with Gasteiger partial charge in [-0.2, -0.15) is 0 Å². The Balaban J connectivity index is 2.92. The molecule has 1 aromatic heterocycles. The van der Waals surface area contributed by atoms with Crippen molar-refractivity contribution in [3.8, 4) is 0 Å². The number of fused-ring (bicyclic) bond motifs is 1. The van der Waals surface area contributed by atoms with Gasteiger partial charge in [-0.1, -0.05) is 18.2 Å². The number of halogens is 2. The highest BCUT2D eigenvalue weighted by molar-refractivity contribution is 6.05. The van der Waals surface area contributed by atoms with Gasteiger partial charge in [-0.25, -0.2) is 13.6 Å². The van der Waals surface area contributed by atoms with Crippen LogP contribution in [0.4, 0.5) is 8.78 Å². The molecule has 1 N–H and O–H groups in total. The van der Waals surface area contributed by atoms with Gasteiger partial charge in [-0.15, -0.1) is 0 Å². The molecule has 16 heavy (non-hydrogen) atoms. The van der Waals surface area contributed by atoms with Crippen LogP contribution in [0.1, 0.15) is 22.5 Å². The summed E-state index contributed by atoms with van der Waals surface area (Å²) in [6.07, 6.45) is -2.80. The Hall–Kier alpha value is -1.91. The number of nitrogens with zero attached hydrogens (tertiary/aromatic N) is 1. The Morgan fingerprint density at radius 2 is 2.00 bits per heavy atom. The van der Waals surface area contributed by atoms with Gasteiger partial charge < -0.3 is 9.67 Å². The number of aromatic carboxylic acids is 1. The van der Waals surface area contributed by atoms with Gasteiger partial charge in [0.15, 0.2) is 0 Å². The lowest BCUT2D eigenvalue weighted by molar-refractivity contribution is 0.0684. The summed E-state index contributed by atoms with van der Waals surface area (Å²) >= 11 is 0. The molecule has 2 rings (SSSR count). The lowest BCUT2D eigenvalue weighted by atomic mass is 10.1. The fraction of sp³-hybridized carbons (Fsp3) is 0.182. The van der Waals surface area contributed by atoms with Crippen molar-refractivity contribution in [1.82, 2.24) is 4.57 Å². The van der Waals surface area contributed by atoms with Crippen molar-refractivity contribution >= 4 is 16.9 Å². The van der Waals surface area contributed by atoms with Crippen LogP contribution >= 0.6 is 0 Å². The number of hydrogen-bond donors (Lipinski definition) is 1. The first-order valence-electron chi connectivity index (χ1n) is 4.62. The Morgan fingerprint density at radius 1 is 1.38 bits per heavy atom. The van der Waals surface area contributed by atoms with E-state index in [1.807, 2.05) is 0 Å². The number of carboxylic acid groups (broad SMARTS) is 1. The van der Waals surface area contributed by atoms with Crippen molar-refractivity contribution in [2.24, 2.45) is 7.05 Å². The number of benzene rings is 1. The molecule has 0 radical (unpaired) electrons. The number of para-hydroxylation sites is 1. The third kappa shape index (κ3) is 1.36. The lowest BCUT2D eigenvalue weighted by Gasteiger charge is -2.03. The molecule has 0 aliphatic carbocycles. The maximum atomic E-state index is 12.8. The number of hydrogen-bond acceptors (Lipinski definition) is 1. The van der Waals surface area contributed by atoms with E-state index >= 15 is 0 Å². The highest BCUT2D eigenvalue weighted by Crippen LogP contribution is 2.31. The van der Waals surface area contributed by atoms with Crippen LogP contribution in [-0.4, -0.2) is 15.6 Å². The quantitative estimate of drug-likeness (QED) is 0.853. The molecule has 0 saturated heterocycles. The first-order valence-corrected chi connectivity index (χ1v) is 4.62. The number of carboxylic acids is 1. The molecule has 0 amide bonds. The zero-order valence-corrected chi connectivity index (χ0v) is 8.45. The van der Waals surface area contributed by atoms with Crippen LogP contribution < -0.4 is 0 Å². The zero-order chi connectivity index (χ0) is 11.9. The van der Waals surface area contributed by atoms with Crippen LogP contribution in [0.25, 0.3) is 10.9 Å². The van der Waals surface area contributed by atoms with E-state index in [2.05, 4.69) is 0 Å². The Bertz CT molecular complexity index is 560. The predicted octanol–water partition coefficient (Wildman–Crippen LogP) is 2.81. The van der Waals surface area contributed by atoms with Crippen LogP contribution in [0.3, 0.4) is 0 Å². The lowest BCUT2D eigenvalue weighted by Crippen LogP contribution is -2.04. The highest BCUT2D eigenvalue weighted by Gasteiger charge is 2.25. The first-order chi connectivity index (χ1) is 7.54. The smallest absolute Gasteiger partial charge is 0.338 e.